The lowest BCUT2D eigenvalue weighted by Gasteiger charge is -2.42. The number of hydrogen-bond donors (Lipinski definition) is 4. The largest absolute Gasteiger partial charge is 0.495 e. The Balaban J connectivity index is 0.895. The summed E-state index contributed by atoms with van der Waals surface area (Å²) in [5, 5.41) is 19.6. The van der Waals surface area contributed by atoms with E-state index in [4.69, 9.17) is 35.3 Å². The normalized spacial score (nSPS) is 28.5. The molecule has 4 fully saturated rings. The Morgan fingerprint density at radius 2 is 1.73 bits per heavy atom. The predicted octanol–water partition coefficient (Wildman–Crippen LogP) is 5.06. The number of allylic oxidation sites excluding steroid dienone is 3. The van der Waals surface area contributed by atoms with Gasteiger partial charge in [-0.05, 0) is 94.5 Å². The van der Waals surface area contributed by atoms with Crippen molar-refractivity contribution in [3.8, 4) is 5.75 Å². The van der Waals surface area contributed by atoms with E-state index in [1.54, 1.807) is 56.3 Å². The van der Waals surface area contributed by atoms with Crippen molar-refractivity contribution in [2.75, 3.05) is 58.6 Å². The van der Waals surface area contributed by atoms with Crippen molar-refractivity contribution in [2.24, 2.45) is 17.8 Å². The molecule has 4 heterocycles. The molecule has 0 radical (unpaired) electrons. The zero-order valence-corrected chi connectivity index (χ0v) is 50.3. The van der Waals surface area contributed by atoms with Crippen LogP contribution in [0.2, 0.25) is 5.02 Å². The maximum atomic E-state index is 14.4. The van der Waals surface area contributed by atoms with Gasteiger partial charge in [-0.2, -0.15) is 0 Å². The van der Waals surface area contributed by atoms with Gasteiger partial charge in [0.2, 0.25) is 35.4 Å². The van der Waals surface area contributed by atoms with Gasteiger partial charge in [-0.3, -0.25) is 48.6 Å². The summed E-state index contributed by atoms with van der Waals surface area (Å²) in [5.74, 6) is -3.12. The molecule has 4 aliphatic heterocycles. The number of nitrogens with one attached hydrogen (secondary N) is 3. The zero-order valence-electron chi connectivity index (χ0n) is 48.8. The van der Waals surface area contributed by atoms with Gasteiger partial charge in [0, 0.05) is 95.2 Å². The molecule has 7 unspecified atom stereocenters. The first-order chi connectivity index (χ1) is 39.9. The van der Waals surface area contributed by atoms with Crippen molar-refractivity contribution in [3.05, 3.63) is 81.4 Å². The molecule has 7 amide bonds. The van der Waals surface area contributed by atoms with Crippen LogP contribution in [-0.4, -0.2) is 176 Å². The summed E-state index contributed by atoms with van der Waals surface area (Å²) in [5.41, 5.74) is 0.110. The van der Waals surface area contributed by atoms with Crippen LogP contribution in [0.5, 0.6) is 5.75 Å². The summed E-state index contributed by atoms with van der Waals surface area (Å²) in [6.45, 7) is 7.34. The van der Waals surface area contributed by atoms with Crippen molar-refractivity contribution < 1.29 is 76.7 Å². The number of hydrogen-bond acceptors (Lipinski definition) is 17. The van der Waals surface area contributed by atoms with Crippen LogP contribution in [0.3, 0.4) is 0 Å². The van der Waals surface area contributed by atoms with E-state index in [0.29, 0.717) is 61.8 Å². The van der Waals surface area contributed by atoms with E-state index in [2.05, 4.69) is 16.0 Å². The van der Waals surface area contributed by atoms with E-state index in [9.17, 15) is 53.1 Å². The number of aliphatic hydroxyl groups is 1. The van der Waals surface area contributed by atoms with Gasteiger partial charge in [0.15, 0.2) is 18.3 Å². The van der Waals surface area contributed by atoms with E-state index < -0.39 is 95.1 Å². The number of carbonyl (C=O) groups is 10. The van der Waals surface area contributed by atoms with E-state index >= 15 is 0 Å². The molecule has 3 saturated heterocycles. The third kappa shape index (κ3) is 15.6. The molecule has 4 N–H and O–H groups in total. The van der Waals surface area contributed by atoms with Gasteiger partial charge < -0.3 is 49.2 Å². The minimum Gasteiger partial charge on any atom is -0.495 e. The smallest absolute Gasteiger partial charge is 0.409 e. The first-order valence-electron chi connectivity index (χ1n) is 28.3. The van der Waals surface area contributed by atoms with Gasteiger partial charge in [0.25, 0.3) is 0 Å². The number of benzene rings is 2. The fourth-order valence-corrected chi connectivity index (χ4v) is 12.8. The lowest BCUT2D eigenvalue weighted by atomic mass is 9.81. The molecule has 9 atom stereocenters. The number of rotatable bonds is 20. The second-order valence-corrected chi connectivity index (χ2v) is 24.3. The van der Waals surface area contributed by atoms with Crippen molar-refractivity contribution in [2.45, 2.75) is 145 Å². The highest BCUT2D eigenvalue weighted by Gasteiger charge is 2.64. The van der Waals surface area contributed by atoms with Crippen LogP contribution in [0.4, 0.5) is 10.5 Å². The minimum absolute atomic E-state index is 0.0117. The fourth-order valence-electron chi connectivity index (χ4n) is 11.4. The number of ether oxygens (including phenoxy) is 5. The van der Waals surface area contributed by atoms with Gasteiger partial charge in [-0.15, -0.1) is 11.8 Å². The summed E-state index contributed by atoms with van der Waals surface area (Å²) in [6, 6.07) is 7.25. The molecule has 2 aromatic rings. The summed E-state index contributed by atoms with van der Waals surface area (Å²) in [6.07, 6.45) is 4.64. The van der Waals surface area contributed by atoms with Crippen LogP contribution in [0, 0.1) is 17.8 Å². The van der Waals surface area contributed by atoms with Crippen LogP contribution < -0.4 is 25.6 Å². The van der Waals surface area contributed by atoms with E-state index in [-0.39, 0.29) is 78.8 Å². The molecule has 5 aliphatic rings. The van der Waals surface area contributed by atoms with Crippen LogP contribution in [0.15, 0.2) is 54.1 Å². The number of fused-ring (bicyclic) bond motifs is 5. The topological polar surface area (TPSA) is 286 Å². The zero-order chi connectivity index (χ0) is 61.2. The van der Waals surface area contributed by atoms with Gasteiger partial charge in [0.1, 0.15) is 40.7 Å². The second kappa shape index (κ2) is 28.5. The number of aldehydes is 2. The van der Waals surface area contributed by atoms with Crippen LogP contribution >= 0.6 is 23.4 Å². The lowest BCUT2D eigenvalue weighted by molar-refractivity contribution is -0.162. The molecule has 22 nitrogen and oxygen atoms in total. The maximum Gasteiger partial charge on any atom is 0.409 e. The van der Waals surface area contributed by atoms with Crippen LogP contribution in [0.1, 0.15) is 117 Å². The number of likely N-dealkylation sites (N-methyl/N-ethyl adjacent to an activating group) is 1. The number of carbonyl (C=O) groups excluding carboxylic acids is 10. The van der Waals surface area contributed by atoms with Crippen molar-refractivity contribution >= 4 is 89.1 Å². The van der Waals surface area contributed by atoms with E-state index in [1.807, 2.05) is 13.0 Å². The molecule has 84 heavy (non-hydrogen) atoms. The number of likely N-dealkylation sites (tertiary alicyclic amines) is 1. The number of amides is 7. The molecule has 2 aromatic carbocycles. The molecule has 7 rings (SSSR count). The number of anilines is 1. The number of nitrogens with zero attached hydrogens (tertiary/aromatic N) is 3. The first kappa shape index (κ1) is 64.9. The molecule has 456 valence electrons. The molecular weight excluding hydrogens is 1130 g/mol. The molecule has 1 saturated carbocycles. The quantitative estimate of drug-likeness (QED) is 0.0583. The summed E-state index contributed by atoms with van der Waals surface area (Å²) < 4.78 is 29.5. The number of thioether (sulfide) groups is 1. The van der Waals surface area contributed by atoms with Crippen molar-refractivity contribution in [1.29, 1.82) is 0 Å². The number of aryl methyl sites for hydroxylation is 1. The van der Waals surface area contributed by atoms with E-state index in [0.717, 1.165) is 46.2 Å². The Kier molecular flexibility index (Phi) is 22.0. The average molecular weight is 1210 g/mol. The maximum absolute atomic E-state index is 14.4. The summed E-state index contributed by atoms with van der Waals surface area (Å²) in [7, 11) is 5.84. The number of halogens is 1. The van der Waals surface area contributed by atoms with Gasteiger partial charge in [-0.25, -0.2) is 9.59 Å². The monoisotopic (exact) mass is 1200 g/mol. The molecule has 0 spiro atoms. The van der Waals surface area contributed by atoms with Gasteiger partial charge >= 0.3 is 12.1 Å². The number of epoxide rings is 1. The van der Waals surface area contributed by atoms with Crippen molar-refractivity contribution in [3.63, 3.8) is 0 Å². The highest BCUT2D eigenvalue weighted by Crippen LogP contribution is 2.49. The minimum atomic E-state index is -1.90. The first-order valence-corrected chi connectivity index (χ1v) is 29.7. The summed E-state index contributed by atoms with van der Waals surface area (Å²) in [4.78, 5) is 133. The molecule has 0 aromatic heterocycles. The third-order valence-electron chi connectivity index (χ3n) is 16.8. The van der Waals surface area contributed by atoms with Gasteiger partial charge in [-0.1, -0.05) is 54.5 Å². The molecule has 24 heteroatoms. The Labute approximate surface area is 498 Å². The van der Waals surface area contributed by atoms with Gasteiger partial charge in [0.05, 0.1) is 30.6 Å². The highest BCUT2D eigenvalue weighted by molar-refractivity contribution is 8.00. The fraction of sp³-hybridized carbons (Fsp3) is 0.567. The number of esters is 1. The Hall–Kier alpha value is -6.66. The van der Waals surface area contributed by atoms with Crippen LogP contribution in [-0.2, 0) is 65.4 Å². The standard InChI is InChI=1S/C60H77ClN6O16S/c1-34-10-9-11-47(80-8)60(78)30-45(81-58(77)64-60)35(2)54-59(4,83-54)48(29-51(72)66(6)43-26-39(24-34)27-44(79-7)53(43)61)82-57(76)36(3)65(5)50(71)20-23-84-46-28-52(73)67(56(46)75)22-21-62-55(74)40-16-13-38(14-17-40)31-63-49(70)19-15-37-12-18-41(32-68)42(25-37)33-69/h9-12,18,25-27,32-33,35-36,38,40,45-48,54,78H,13-17,19-24,28-31H2,1-8H3,(H,62,74)(H,63,70)(H,64,77)/b11-9+,34-10+/t35?,36-,38-,40-,45?,46?,47?,48-,54?,59?,60?/m0/s1. The highest BCUT2D eigenvalue weighted by atomic mass is 35.5. The molecular formula is C60H77ClN6O16S. The molecule has 1 aliphatic carbocycles. The van der Waals surface area contributed by atoms with Crippen LogP contribution in [0.25, 0.3) is 0 Å². The Morgan fingerprint density at radius 1 is 1.00 bits per heavy atom. The Morgan fingerprint density at radius 3 is 2.42 bits per heavy atom. The van der Waals surface area contributed by atoms with Crippen molar-refractivity contribution in [1.82, 2.24) is 25.8 Å². The predicted molar refractivity (Wildman–Crippen MR) is 310 cm³/mol. The average Bonchev–Trinajstić information content (AvgIpc) is 4.30. The van der Waals surface area contributed by atoms with E-state index in [1.165, 1.54) is 45.0 Å². The summed E-state index contributed by atoms with van der Waals surface area (Å²) >= 11 is 7.97. The molecule has 4 bridgehead atoms. The Bertz CT molecular complexity index is 2920. The number of methoxy groups -OCH3 is 2. The number of alkyl carbamates (subject to hydrolysis) is 1. The third-order valence-corrected chi connectivity index (χ3v) is 18.4. The number of imide groups is 1. The lowest BCUT2D eigenvalue weighted by Crippen LogP contribution is -2.63. The second-order valence-electron chi connectivity index (χ2n) is 22.6. The SMILES string of the molecule is COc1cc2cc(c1Cl)N(C)C(=O)C[C@H](OC(=O)[C@H](C)N(C)C(=O)CCSC1CC(=O)N(CCNC(=O)[C@H]3CC[C@H](CNC(=O)CCc4ccc(C=O)c(C=O)c4)CC3)C1=O)C1(C)OC1C(C)C1CC(O)(NC(=O)O1)C(OC)/C=C/C=C(\C)C2.